The Kier molecular flexibility index (Phi) is 9.99. The molecule has 1 aliphatic rings. The lowest BCUT2D eigenvalue weighted by atomic mass is 9.74. The lowest BCUT2D eigenvalue weighted by Gasteiger charge is -2.45. The van der Waals surface area contributed by atoms with Crippen LogP contribution >= 0.6 is 0 Å². The van der Waals surface area contributed by atoms with Crippen molar-refractivity contribution in [2.75, 3.05) is 34.0 Å². The number of hydrogen-bond donors (Lipinski definition) is 2. The van der Waals surface area contributed by atoms with E-state index in [1.165, 1.54) is 0 Å². The SMILES string of the molecule is CCOC1CC(NC(=O)N(CCOCc2ccccc2)C(C)c2cc(OC)c(C)c(OC)c2C)(C(=O)O)C1. The van der Waals surface area contributed by atoms with Crippen LogP contribution in [0.2, 0.25) is 0 Å². The minimum absolute atomic E-state index is 0.190. The Morgan fingerprint density at radius 3 is 2.39 bits per heavy atom. The summed E-state index contributed by atoms with van der Waals surface area (Å²) < 4.78 is 22.7. The number of ether oxygens (including phenoxy) is 4. The number of nitrogens with zero attached hydrogens (tertiary/aromatic N) is 1. The lowest BCUT2D eigenvalue weighted by Crippen LogP contribution is -2.66. The largest absolute Gasteiger partial charge is 0.496 e. The minimum Gasteiger partial charge on any atom is -0.496 e. The molecule has 0 aromatic heterocycles. The number of nitrogens with one attached hydrogen (secondary N) is 1. The lowest BCUT2D eigenvalue weighted by molar-refractivity contribution is -0.156. The number of aliphatic carboxylic acids is 1. The summed E-state index contributed by atoms with van der Waals surface area (Å²) in [5.41, 5.74) is 2.26. The fraction of sp³-hybridized carbons (Fsp3) is 0.517. The van der Waals surface area contributed by atoms with Crippen LogP contribution in [-0.2, 0) is 20.9 Å². The maximum absolute atomic E-state index is 13.7. The van der Waals surface area contributed by atoms with Crippen LogP contribution < -0.4 is 14.8 Å². The highest BCUT2D eigenvalue weighted by atomic mass is 16.5. The van der Waals surface area contributed by atoms with Gasteiger partial charge in [0, 0.05) is 31.6 Å². The second-order valence-corrected chi connectivity index (χ2v) is 9.66. The van der Waals surface area contributed by atoms with Gasteiger partial charge in [-0.15, -0.1) is 0 Å². The Bertz CT molecular complexity index is 1100. The van der Waals surface area contributed by atoms with E-state index in [9.17, 15) is 14.7 Å². The molecule has 208 valence electrons. The smallest absolute Gasteiger partial charge is 0.329 e. The number of urea groups is 1. The zero-order chi connectivity index (χ0) is 27.9. The first-order valence-electron chi connectivity index (χ1n) is 12.9. The van der Waals surface area contributed by atoms with Crippen molar-refractivity contribution in [3.63, 3.8) is 0 Å². The standard InChI is InChI=1S/C29H40N2O7/c1-7-38-23-16-29(17-23,27(32)33)30-28(34)31(13-14-37-18-22-11-9-8-10-12-22)21(4)24-15-25(35-5)20(3)26(36-6)19(24)2/h8-12,15,21,23H,7,13-14,16-18H2,1-6H3,(H,30,34)(H,32,33). The van der Waals surface area contributed by atoms with E-state index in [0.29, 0.717) is 24.7 Å². The molecular formula is C29H40N2O7. The molecule has 2 aromatic carbocycles. The quantitative estimate of drug-likeness (QED) is 0.365. The first kappa shape index (κ1) is 29.3. The van der Waals surface area contributed by atoms with Gasteiger partial charge in [-0.1, -0.05) is 30.3 Å². The number of methoxy groups -OCH3 is 2. The Morgan fingerprint density at radius 2 is 1.82 bits per heavy atom. The molecular weight excluding hydrogens is 488 g/mol. The van der Waals surface area contributed by atoms with Gasteiger partial charge in [-0.05, 0) is 50.5 Å². The molecule has 1 unspecified atom stereocenters. The van der Waals surface area contributed by atoms with Gasteiger partial charge < -0.3 is 34.3 Å². The highest BCUT2D eigenvalue weighted by molar-refractivity contribution is 5.87. The van der Waals surface area contributed by atoms with E-state index in [2.05, 4.69) is 5.32 Å². The number of amides is 2. The molecule has 0 spiro atoms. The zero-order valence-electron chi connectivity index (χ0n) is 23.2. The van der Waals surface area contributed by atoms with Gasteiger partial charge in [0.15, 0.2) is 0 Å². The van der Waals surface area contributed by atoms with Gasteiger partial charge in [0.05, 0.1) is 39.6 Å². The molecule has 2 amide bonds. The maximum atomic E-state index is 13.7. The van der Waals surface area contributed by atoms with E-state index in [-0.39, 0.29) is 32.1 Å². The fourth-order valence-corrected chi connectivity index (χ4v) is 5.08. The number of carbonyl (C=O) groups is 2. The van der Waals surface area contributed by atoms with Crippen molar-refractivity contribution in [1.82, 2.24) is 10.2 Å². The maximum Gasteiger partial charge on any atom is 0.329 e. The predicted octanol–water partition coefficient (Wildman–Crippen LogP) is 4.63. The van der Waals surface area contributed by atoms with Crippen molar-refractivity contribution in [3.8, 4) is 11.5 Å². The van der Waals surface area contributed by atoms with E-state index in [1.807, 2.05) is 64.1 Å². The number of carboxylic acids is 1. The first-order valence-corrected chi connectivity index (χ1v) is 12.9. The Hall–Kier alpha value is -3.30. The van der Waals surface area contributed by atoms with Crippen molar-refractivity contribution in [2.24, 2.45) is 0 Å². The average molecular weight is 529 g/mol. The first-order chi connectivity index (χ1) is 18.2. The summed E-state index contributed by atoms with van der Waals surface area (Å²) in [5, 5.41) is 12.8. The molecule has 0 bridgehead atoms. The average Bonchev–Trinajstić information content (AvgIpc) is 2.88. The molecule has 0 radical (unpaired) electrons. The summed E-state index contributed by atoms with van der Waals surface area (Å²) in [5.74, 6) is 0.271. The highest BCUT2D eigenvalue weighted by Gasteiger charge is 2.53. The molecule has 1 saturated carbocycles. The summed E-state index contributed by atoms with van der Waals surface area (Å²) in [6.07, 6.45) is 0.254. The Balaban J connectivity index is 1.85. The molecule has 0 aliphatic heterocycles. The van der Waals surface area contributed by atoms with Gasteiger partial charge in [0.1, 0.15) is 17.0 Å². The van der Waals surface area contributed by atoms with Gasteiger partial charge in [-0.3, -0.25) is 0 Å². The molecule has 1 aliphatic carbocycles. The summed E-state index contributed by atoms with van der Waals surface area (Å²) in [7, 11) is 3.20. The van der Waals surface area contributed by atoms with Crippen molar-refractivity contribution < 1.29 is 33.6 Å². The predicted molar refractivity (Wildman–Crippen MR) is 144 cm³/mol. The molecule has 38 heavy (non-hydrogen) atoms. The third-order valence-corrected chi connectivity index (χ3v) is 7.27. The van der Waals surface area contributed by atoms with E-state index in [4.69, 9.17) is 18.9 Å². The molecule has 0 heterocycles. The molecule has 0 saturated heterocycles. The summed E-state index contributed by atoms with van der Waals surface area (Å²) in [4.78, 5) is 27.5. The summed E-state index contributed by atoms with van der Waals surface area (Å²) in [6, 6.07) is 10.8. The number of carbonyl (C=O) groups excluding carboxylic acids is 1. The molecule has 1 fully saturated rings. The normalized spacial score (nSPS) is 19.3. The topological polar surface area (TPSA) is 107 Å². The minimum atomic E-state index is -1.36. The van der Waals surface area contributed by atoms with Crippen LogP contribution in [0.25, 0.3) is 0 Å². The van der Waals surface area contributed by atoms with Crippen molar-refractivity contribution in [1.29, 1.82) is 0 Å². The molecule has 9 heteroatoms. The Morgan fingerprint density at radius 1 is 1.13 bits per heavy atom. The second-order valence-electron chi connectivity index (χ2n) is 9.66. The van der Waals surface area contributed by atoms with Crippen LogP contribution in [0.4, 0.5) is 4.79 Å². The molecule has 2 N–H and O–H groups in total. The van der Waals surface area contributed by atoms with Gasteiger partial charge in [0.25, 0.3) is 0 Å². The molecule has 3 rings (SSSR count). The second kappa shape index (κ2) is 13.0. The van der Waals surface area contributed by atoms with Crippen LogP contribution in [-0.4, -0.2) is 67.6 Å². The number of carboxylic acid groups (broad SMARTS) is 1. The van der Waals surface area contributed by atoms with Crippen molar-refractivity contribution >= 4 is 12.0 Å². The third kappa shape index (κ3) is 6.39. The van der Waals surface area contributed by atoms with E-state index < -0.39 is 23.6 Å². The van der Waals surface area contributed by atoms with E-state index in [0.717, 1.165) is 22.3 Å². The molecule has 2 aromatic rings. The highest BCUT2D eigenvalue weighted by Crippen LogP contribution is 2.39. The van der Waals surface area contributed by atoms with Crippen molar-refractivity contribution in [2.45, 2.75) is 64.8 Å². The number of hydrogen-bond acceptors (Lipinski definition) is 6. The summed E-state index contributed by atoms with van der Waals surface area (Å²) >= 11 is 0. The van der Waals surface area contributed by atoms with Crippen LogP contribution in [0.1, 0.15) is 55.0 Å². The van der Waals surface area contributed by atoms with Gasteiger partial charge in [-0.2, -0.15) is 0 Å². The van der Waals surface area contributed by atoms with Crippen LogP contribution in [0.15, 0.2) is 36.4 Å². The Labute approximate surface area is 225 Å². The molecule has 9 nitrogen and oxygen atoms in total. The summed E-state index contributed by atoms with van der Waals surface area (Å²) in [6.45, 7) is 9.06. The van der Waals surface area contributed by atoms with Gasteiger partial charge >= 0.3 is 12.0 Å². The zero-order valence-corrected chi connectivity index (χ0v) is 23.2. The van der Waals surface area contributed by atoms with Crippen LogP contribution in [0.3, 0.4) is 0 Å². The van der Waals surface area contributed by atoms with E-state index in [1.54, 1.807) is 19.1 Å². The van der Waals surface area contributed by atoms with Crippen molar-refractivity contribution in [3.05, 3.63) is 58.7 Å². The van der Waals surface area contributed by atoms with E-state index >= 15 is 0 Å². The van der Waals surface area contributed by atoms with Gasteiger partial charge in [-0.25, -0.2) is 9.59 Å². The molecule has 1 atom stereocenters. The fourth-order valence-electron chi connectivity index (χ4n) is 5.08. The van der Waals surface area contributed by atoms with Gasteiger partial charge in [0.2, 0.25) is 0 Å². The number of rotatable bonds is 13. The third-order valence-electron chi connectivity index (χ3n) is 7.27. The monoisotopic (exact) mass is 528 g/mol. The number of benzene rings is 2. The van der Waals surface area contributed by atoms with Crippen LogP contribution in [0, 0.1) is 13.8 Å². The van der Waals surface area contributed by atoms with Crippen LogP contribution in [0.5, 0.6) is 11.5 Å².